The number of aromatic nitrogens is 5. The van der Waals surface area contributed by atoms with E-state index in [1.807, 2.05) is 38.1 Å². The quantitative estimate of drug-likeness (QED) is 0.434. The summed E-state index contributed by atoms with van der Waals surface area (Å²) in [4.78, 5) is 17.0. The highest BCUT2D eigenvalue weighted by Crippen LogP contribution is 2.30. The highest BCUT2D eigenvalue weighted by molar-refractivity contribution is 7.99. The van der Waals surface area contributed by atoms with Gasteiger partial charge in [-0.15, -0.1) is 5.10 Å². The van der Waals surface area contributed by atoms with Gasteiger partial charge in [0, 0.05) is 0 Å². The Balaban J connectivity index is 1.46. The van der Waals surface area contributed by atoms with Gasteiger partial charge >= 0.3 is 0 Å². The van der Waals surface area contributed by atoms with Crippen LogP contribution in [-0.4, -0.2) is 43.5 Å². The van der Waals surface area contributed by atoms with Gasteiger partial charge in [-0.05, 0) is 60.5 Å². The number of benzene rings is 2. The van der Waals surface area contributed by atoms with E-state index in [0.29, 0.717) is 22.6 Å². The largest absolute Gasteiger partial charge is 0.492 e. The van der Waals surface area contributed by atoms with E-state index in [2.05, 4.69) is 44.9 Å². The van der Waals surface area contributed by atoms with Gasteiger partial charge in [-0.1, -0.05) is 41.3 Å². The van der Waals surface area contributed by atoms with Gasteiger partial charge in [0.15, 0.2) is 5.13 Å². The molecule has 2 heterocycles. The minimum atomic E-state index is -0.166. The van der Waals surface area contributed by atoms with Gasteiger partial charge < -0.3 is 10.1 Å². The fourth-order valence-electron chi connectivity index (χ4n) is 3.04. The summed E-state index contributed by atoms with van der Waals surface area (Å²) >= 11 is 2.72. The fraction of sp³-hybridized carbons (Fsp3) is 0.250. The number of fused-ring (bicyclic) bond motifs is 1. The van der Waals surface area contributed by atoms with E-state index >= 15 is 0 Å². The van der Waals surface area contributed by atoms with Crippen LogP contribution in [0.4, 0.5) is 5.13 Å². The number of nitrogens with zero attached hydrogens (tertiary/aromatic N) is 5. The van der Waals surface area contributed by atoms with E-state index in [0.717, 1.165) is 21.5 Å². The molecule has 0 spiro atoms. The van der Waals surface area contributed by atoms with E-state index in [-0.39, 0.29) is 11.7 Å². The number of anilines is 1. The van der Waals surface area contributed by atoms with E-state index in [9.17, 15) is 4.79 Å². The molecular formula is C20H20N6O2S2. The van der Waals surface area contributed by atoms with E-state index < -0.39 is 0 Å². The lowest BCUT2D eigenvalue weighted by atomic mass is 10.1. The maximum absolute atomic E-state index is 12.5. The molecule has 0 atom stereocenters. The molecule has 0 fully saturated rings. The molecule has 0 aliphatic rings. The lowest BCUT2D eigenvalue weighted by molar-refractivity contribution is -0.113. The Morgan fingerprint density at radius 3 is 2.93 bits per heavy atom. The summed E-state index contributed by atoms with van der Waals surface area (Å²) in [6, 6.07) is 11.7. The number of thiazole rings is 1. The molecule has 0 aliphatic carbocycles. The van der Waals surface area contributed by atoms with Gasteiger partial charge in [0.25, 0.3) is 0 Å². The summed E-state index contributed by atoms with van der Waals surface area (Å²) in [5.41, 5.74) is 3.92. The number of carbonyl (C=O) groups excluding carboxylic acids is 1. The Labute approximate surface area is 181 Å². The third kappa shape index (κ3) is 4.29. The average molecular weight is 441 g/mol. The molecule has 0 saturated heterocycles. The Bertz CT molecular complexity index is 1200. The second-order valence-corrected chi connectivity index (χ2v) is 8.53. The van der Waals surface area contributed by atoms with Crippen LogP contribution in [0.5, 0.6) is 5.75 Å². The van der Waals surface area contributed by atoms with E-state index in [1.165, 1.54) is 28.7 Å². The number of rotatable bonds is 7. The molecule has 0 radical (unpaired) electrons. The number of thioether (sulfide) groups is 1. The molecule has 0 bridgehead atoms. The molecular weight excluding hydrogens is 420 g/mol. The third-order valence-corrected chi connectivity index (χ3v) is 6.08. The van der Waals surface area contributed by atoms with Crippen LogP contribution in [0, 0.1) is 13.8 Å². The van der Waals surface area contributed by atoms with Crippen LogP contribution in [0.25, 0.3) is 15.9 Å². The van der Waals surface area contributed by atoms with Crippen LogP contribution in [0.1, 0.15) is 18.1 Å². The topological polar surface area (TPSA) is 94.8 Å². The van der Waals surface area contributed by atoms with Gasteiger partial charge in [-0.2, -0.15) is 4.68 Å². The smallest absolute Gasteiger partial charge is 0.236 e. The van der Waals surface area contributed by atoms with Crippen molar-refractivity contribution in [1.82, 2.24) is 25.2 Å². The summed E-state index contributed by atoms with van der Waals surface area (Å²) in [5, 5.41) is 15.8. The van der Waals surface area contributed by atoms with Crippen molar-refractivity contribution in [3.05, 3.63) is 47.5 Å². The molecule has 30 heavy (non-hydrogen) atoms. The first-order chi connectivity index (χ1) is 14.5. The van der Waals surface area contributed by atoms with Crippen molar-refractivity contribution < 1.29 is 9.53 Å². The Hall–Kier alpha value is -2.98. The third-order valence-electron chi connectivity index (χ3n) is 4.24. The number of hydrogen-bond acceptors (Lipinski definition) is 8. The Kier molecular flexibility index (Phi) is 5.96. The van der Waals surface area contributed by atoms with Crippen molar-refractivity contribution in [2.75, 3.05) is 17.7 Å². The average Bonchev–Trinajstić information content (AvgIpc) is 3.34. The monoisotopic (exact) mass is 440 g/mol. The summed E-state index contributed by atoms with van der Waals surface area (Å²) in [5.74, 6) is 0.672. The zero-order valence-electron chi connectivity index (χ0n) is 16.7. The number of carbonyl (C=O) groups is 1. The second kappa shape index (κ2) is 8.80. The number of aryl methyl sites for hydroxylation is 2. The maximum Gasteiger partial charge on any atom is 0.236 e. The van der Waals surface area contributed by atoms with Gasteiger partial charge in [0.05, 0.1) is 22.6 Å². The molecule has 2 aromatic heterocycles. The number of para-hydroxylation sites is 2. The van der Waals surface area contributed by atoms with E-state index in [4.69, 9.17) is 4.74 Å². The van der Waals surface area contributed by atoms with Crippen molar-refractivity contribution in [2.45, 2.75) is 25.9 Å². The predicted molar refractivity (Wildman–Crippen MR) is 119 cm³/mol. The maximum atomic E-state index is 12.5. The van der Waals surface area contributed by atoms with Crippen molar-refractivity contribution in [2.24, 2.45) is 0 Å². The Morgan fingerprint density at radius 2 is 2.10 bits per heavy atom. The van der Waals surface area contributed by atoms with Crippen LogP contribution in [0.2, 0.25) is 0 Å². The normalized spacial score (nSPS) is 11.0. The number of nitrogens with one attached hydrogen (secondary N) is 1. The highest BCUT2D eigenvalue weighted by Gasteiger charge is 2.16. The molecule has 0 saturated carbocycles. The lowest BCUT2D eigenvalue weighted by Crippen LogP contribution is -2.14. The molecule has 10 heteroatoms. The fourth-order valence-corrected chi connectivity index (χ4v) is 4.78. The van der Waals surface area contributed by atoms with Crippen molar-refractivity contribution >= 4 is 44.4 Å². The molecule has 8 nitrogen and oxygen atoms in total. The van der Waals surface area contributed by atoms with Crippen LogP contribution in [-0.2, 0) is 4.79 Å². The SMILES string of the molecule is CCOc1ccccc1-n1nnnc1SCC(=O)Nc1nc2c(C)cc(C)cc2s1. The minimum absolute atomic E-state index is 0.158. The van der Waals surface area contributed by atoms with Crippen molar-refractivity contribution in [1.29, 1.82) is 0 Å². The lowest BCUT2D eigenvalue weighted by Gasteiger charge is -2.10. The summed E-state index contributed by atoms with van der Waals surface area (Å²) < 4.78 is 8.29. The molecule has 0 aliphatic heterocycles. The van der Waals surface area contributed by atoms with Gasteiger partial charge in [0.2, 0.25) is 11.1 Å². The predicted octanol–water partition coefficient (Wildman–Crippen LogP) is 4.02. The second-order valence-electron chi connectivity index (χ2n) is 6.56. The van der Waals surface area contributed by atoms with Gasteiger partial charge in [0.1, 0.15) is 11.4 Å². The number of amides is 1. The first-order valence-corrected chi connectivity index (χ1v) is 11.2. The molecule has 4 aromatic rings. The first-order valence-electron chi connectivity index (χ1n) is 9.36. The first kappa shape index (κ1) is 20.3. The molecule has 4 rings (SSSR count). The van der Waals surface area contributed by atoms with Gasteiger partial charge in [-0.25, -0.2) is 4.98 Å². The highest BCUT2D eigenvalue weighted by atomic mass is 32.2. The standard InChI is InChI=1S/C20H20N6O2S2/c1-4-28-15-8-6-5-7-14(15)26-20(23-24-25-26)29-11-17(27)21-19-22-18-13(3)9-12(2)10-16(18)30-19/h5-10H,4,11H2,1-3H3,(H,21,22,27). The summed E-state index contributed by atoms with van der Waals surface area (Å²) in [6.07, 6.45) is 0. The Morgan fingerprint density at radius 1 is 1.27 bits per heavy atom. The molecule has 154 valence electrons. The van der Waals surface area contributed by atoms with Crippen molar-refractivity contribution in [3.8, 4) is 11.4 Å². The minimum Gasteiger partial charge on any atom is -0.492 e. The molecule has 1 N–H and O–H groups in total. The number of ether oxygens (including phenoxy) is 1. The van der Waals surface area contributed by atoms with Crippen LogP contribution in [0.3, 0.4) is 0 Å². The van der Waals surface area contributed by atoms with Crippen LogP contribution < -0.4 is 10.1 Å². The zero-order chi connectivity index (χ0) is 21.1. The van der Waals surface area contributed by atoms with Crippen molar-refractivity contribution in [3.63, 3.8) is 0 Å². The van der Waals surface area contributed by atoms with E-state index in [1.54, 1.807) is 4.68 Å². The summed E-state index contributed by atoms with van der Waals surface area (Å²) in [6.45, 7) is 6.53. The van der Waals surface area contributed by atoms with Crippen LogP contribution >= 0.6 is 23.1 Å². The molecule has 1 amide bonds. The van der Waals surface area contributed by atoms with Gasteiger partial charge in [-0.3, -0.25) is 4.79 Å². The molecule has 2 aromatic carbocycles. The summed E-state index contributed by atoms with van der Waals surface area (Å²) in [7, 11) is 0. The number of hydrogen-bond donors (Lipinski definition) is 1. The van der Waals surface area contributed by atoms with Crippen LogP contribution in [0.15, 0.2) is 41.6 Å². The zero-order valence-corrected chi connectivity index (χ0v) is 18.4. The molecule has 0 unspecified atom stereocenters. The number of tetrazole rings is 1.